The van der Waals surface area contributed by atoms with Crippen LogP contribution < -0.4 is 14.5 Å². The van der Waals surface area contributed by atoms with E-state index >= 15 is 0 Å². The maximum atomic E-state index is 13.8. The Morgan fingerprint density at radius 2 is 1.57 bits per heavy atom. The van der Waals surface area contributed by atoms with Gasteiger partial charge in [-0.15, -0.1) is 0 Å². The molecule has 180 valence electrons. The molecule has 6 nitrogen and oxygen atoms in total. The van der Waals surface area contributed by atoms with Crippen LogP contribution in [0.2, 0.25) is 0 Å². The minimum atomic E-state index is -3.77. The average Bonchev–Trinajstić information content (AvgIpc) is 2.89. The highest BCUT2D eigenvalue weighted by Crippen LogP contribution is 2.38. The van der Waals surface area contributed by atoms with Crippen molar-refractivity contribution in [2.45, 2.75) is 23.6 Å². The first-order valence-corrected chi connectivity index (χ1v) is 13.2. The Labute approximate surface area is 206 Å². The number of fused-ring (bicyclic) bond motifs is 1. The maximum Gasteiger partial charge on any atom is 0.210 e. The summed E-state index contributed by atoms with van der Waals surface area (Å²) >= 11 is 0. The third kappa shape index (κ3) is 4.32. The van der Waals surface area contributed by atoms with Crippen molar-refractivity contribution in [2.75, 3.05) is 43.1 Å². The van der Waals surface area contributed by atoms with Crippen molar-refractivity contribution in [3.05, 3.63) is 84.1 Å². The lowest BCUT2D eigenvalue weighted by Crippen LogP contribution is -2.47. The van der Waals surface area contributed by atoms with Crippen LogP contribution in [0.3, 0.4) is 0 Å². The monoisotopic (exact) mass is 487 g/mol. The highest BCUT2D eigenvalue weighted by atomic mass is 32.2. The lowest BCUT2D eigenvalue weighted by Gasteiger charge is -2.39. The summed E-state index contributed by atoms with van der Waals surface area (Å²) in [5, 5.41) is 0.779. The number of rotatable bonds is 5. The highest BCUT2D eigenvalue weighted by Gasteiger charge is 2.29. The quantitative estimate of drug-likeness (QED) is 0.394. The third-order valence-corrected chi connectivity index (χ3v) is 8.43. The Bertz CT molecular complexity index is 1480. The smallest absolute Gasteiger partial charge is 0.210 e. The molecule has 3 aromatic carbocycles. The molecule has 0 radical (unpaired) electrons. The van der Waals surface area contributed by atoms with Crippen molar-refractivity contribution in [1.82, 2.24) is 4.98 Å². The summed E-state index contributed by atoms with van der Waals surface area (Å²) in [5.74, 6) is 0.670. The number of aromatic nitrogens is 1. The van der Waals surface area contributed by atoms with Gasteiger partial charge in [-0.3, -0.25) is 4.98 Å². The molecule has 0 spiro atoms. The zero-order valence-corrected chi connectivity index (χ0v) is 21.0. The van der Waals surface area contributed by atoms with Gasteiger partial charge < -0.3 is 14.5 Å². The fourth-order valence-electron chi connectivity index (χ4n) is 4.75. The normalized spacial score (nSPS) is 14.4. The molecular formula is C28H29N3O3S. The maximum absolute atomic E-state index is 13.8. The molecule has 4 aromatic rings. The number of pyridine rings is 1. The summed E-state index contributed by atoms with van der Waals surface area (Å²) in [7, 11) is -2.15. The zero-order chi connectivity index (χ0) is 24.6. The molecule has 1 aliphatic heterocycles. The lowest BCUT2D eigenvalue weighted by molar-refractivity contribution is 0.415. The van der Waals surface area contributed by atoms with Crippen LogP contribution >= 0.6 is 0 Å². The Morgan fingerprint density at radius 3 is 2.29 bits per heavy atom. The summed E-state index contributed by atoms with van der Waals surface area (Å²) in [6, 6.07) is 20.7. The van der Waals surface area contributed by atoms with E-state index < -0.39 is 9.84 Å². The Hall–Kier alpha value is -3.58. The lowest BCUT2D eigenvalue weighted by atomic mass is 10.1. The van der Waals surface area contributed by atoms with Gasteiger partial charge in [-0.05, 0) is 61.4 Å². The molecule has 7 heteroatoms. The Kier molecular flexibility index (Phi) is 6.11. The van der Waals surface area contributed by atoms with Gasteiger partial charge in [0.25, 0.3) is 0 Å². The topological polar surface area (TPSA) is 62.7 Å². The van der Waals surface area contributed by atoms with Gasteiger partial charge in [0.05, 0.1) is 23.2 Å². The molecule has 1 fully saturated rings. The molecular weight excluding hydrogens is 458 g/mol. The molecule has 1 aromatic heterocycles. The molecule has 35 heavy (non-hydrogen) atoms. The summed E-state index contributed by atoms with van der Waals surface area (Å²) in [4.78, 5) is 9.57. The number of ether oxygens (including phenoxy) is 1. The second-order valence-electron chi connectivity index (χ2n) is 8.93. The van der Waals surface area contributed by atoms with E-state index in [9.17, 15) is 8.42 Å². The third-order valence-electron chi connectivity index (χ3n) is 6.66. The van der Waals surface area contributed by atoms with Gasteiger partial charge >= 0.3 is 0 Å². The van der Waals surface area contributed by atoms with E-state index in [-0.39, 0.29) is 9.79 Å². The number of benzene rings is 3. The summed E-state index contributed by atoms with van der Waals surface area (Å²) in [6.07, 6.45) is 1.50. The number of methoxy groups -OCH3 is 1. The summed E-state index contributed by atoms with van der Waals surface area (Å²) < 4.78 is 33.0. The molecule has 0 unspecified atom stereocenters. The Morgan fingerprint density at radius 1 is 0.857 bits per heavy atom. The largest absolute Gasteiger partial charge is 0.497 e. The van der Waals surface area contributed by atoms with Crippen LogP contribution in [-0.4, -0.2) is 46.7 Å². The number of aryl methyl sites for hydroxylation is 2. The van der Waals surface area contributed by atoms with E-state index in [2.05, 4.69) is 46.8 Å². The van der Waals surface area contributed by atoms with Crippen LogP contribution in [0.4, 0.5) is 11.4 Å². The average molecular weight is 488 g/mol. The van der Waals surface area contributed by atoms with Crippen LogP contribution in [0.15, 0.2) is 82.7 Å². The number of piperazine rings is 1. The van der Waals surface area contributed by atoms with E-state index in [1.54, 1.807) is 31.4 Å². The van der Waals surface area contributed by atoms with Crippen molar-refractivity contribution in [1.29, 1.82) is 0 Å². The molecule has 1 aliphatic rings. The van der Waals surface area contributed by atoms with Crippen LogP contribution in [0, 0.1) is 13.8 Å². The predicted octanol–water partition coefficient (Wildman–Crippen LogP) is 5.02. The minimum absolute atomic E-state index is 0.227. The van der Waals surface area contributed by atoms with E-state index in [1.165, 1.54) is 23.0 Å². The van der Waals surface area contributed by atoms with Crippen LogP contribution in [0.25, 0.3) is 10.9 Å². The fraction of sp³-hybridized carbons (Fsp3) is 0.250. The fourth-order valence-corrected chi connectivity index (χ4v) is 6.20. The Balaban J connectivity index is 1.59. The van der Waals surface area contributed by atoms with Crippen molar-refractivity contribution >= 4 is 32.1 Å². The molecule has 0 saturated carbocycles. The molecule has 0 atom stereocenters. The van der Waals surface area contributed by atoms with Crippen LogP contribution in [-0.2, 0) is 9.84 Å². The molecule has 0 bridgehead atoms. The van der Waals surface area contributed by atoms with Gasteiger partial charge in [0.2, 0.25) is 9.84 Å². The number of sulfone groups is 1. The van der Waals surface area contributed by atoms with Gasteiger partial charge in [0.1, 0.15) is 10.6 Å². The summed E-state index contributed by atoms with van der Waals surface area (Å²) in [5.41, 5.74) is 5.15. The first-order valence-electron chi connectivity index (χ1n) is 11.7. The minimum Gasteiger partial charge on any atom is -0.497 e. The predicted molar refractivity (Wildman–Crippen MR) is 141 cm³/mol. The molecule has 0 N–H and O–H groups in total. The number of anilines is 2. The van der Waals surface area contributed by atoms with E-state index in [0.29, 0.717) is 24.5 Å². The van der Waals surface area contributed by atoms with Gasteiger partial charge in [0.15, 0.2) is 0 Å². The van der Waals surface area contributed by atoms with Crippen molar-refractivity contribution in [2.24, 2.45) is 0 Å². The summed E-state index contributed by atoms with van der Waals surface area (Å²) in [6.45, 7) is 7.22. The molecule has 1 saturated heterocycles. The second kappa shape index (κ2) is 9.23. The second-order valence-corrected chi connectivity index (χ2v) is 10.9. The standard InChI is InChI=1S/C28H29N3O3S/c1-20-9-10-21(2)26(17-20)30-13-15-31(16-14-30)28-24-18-22(34-3)11-12-25(24)29-19-27(28)35(32,33)23-7-5-4-6-8-23/h4-12,17-19H,13-16H2,1-3H3. The van der Waals surface area contributed by atoms with Crippen molar-refractivity contribution < 1.29 is 13.2 Å². The van der Waals surface area contributed by atoms with Gasteiger partial charge in [-0.25, -0.2) is 8.42 Å². The molecule has 2 heterocycles. The number of nitrogens with zero attached hydrogens (tertiary/aromatic N) is 3. The number of hydrogen-bond acceptors (Lipinski definition) is 6. The van der Waals surface area contributed by atoms with Crippen molar-refractivity contribution in [3.63, 3.8) is 0 Å². The number of hydrogen-bond donors (Lipinski definition) is 0. The van der Waals surface area contributed by atoms with Crippen molar-refractivity contribution in [3.8, 4) is 5.75 Å². The van der Waals surface area contributed by atoms with Gasteiger partial charge in [-0.2, -0.15) is 0 Å². The first kappa shape index (κ1) is 23.2. The first-order chi connectivity index (χ1) is 16.9. The van der Waals surface area contributed by atoms with E-state index in [0.717, 1.165) is 24.0 Å². The van der Waals surface area contributed by atoms with E-state index in [1.807, 2.05) is 24.3 Å². The van der Waals surface area contributed by atoms with Crippen LogP contribution in [0.5, 0.6) is 5.75 Å². The molecule has 0 aliphatic carbocycles. The molecule has 0 amide bonds. The van der Waals surface area contributed by atoms with Crippen LogP contribution in [0.1, 0.15) is 11.1 Å². The van der Waals surface area contributed by atoms with Gasteiger partial charge in [0, 0.05) is 43.4 Å². The van der Waals surface area contributed by atoms with E-state index in [4.69, 9.17) is 4.74 Å². The molecule has 5 rings (SSSR count). The highest BCUT2D eigenvalue weighted by molar-refractivity contribution is 7.91. The zero-order valence-electron chi connectivity index (χ0n) is 20.2. The SMILES string of the molecule is COc1ccc2ncc(S(=O)(=O)c3ccccc3)c(N3CCN(c4cc(C)ccc4C)CC3)c2c1. The van der Waals surface area contributed by atoms with Gasteiger partial charge in [-0.1, -0.05) is 30.3 Å².